The van der Waals surface area contributed by atoms with E-state index < -0.39 is 0 Å². The van der Waals surface area contributed by atoms with Crippen LogP contribution in [0, 0.1) is 0 Å². The number of methoxy groups -OCH3 is 1. The van der Waals surface area contributed by atoms with Crippen LogP contribution < -0.4 is 15.4 Å². The Hall–Kier alpha value is -1.75. The zero-order valence-corrected chi connectivity index (χ0v) is 13.6. The number of likely N-dealkylation sites (tertiary alicyclic amines) is 1. The van der Waals surface area contributed by atoms with Crippen LogP contribution in [0.4, 0.5) is 4.79 Å². The predicted molar refractivity (Wildman–Crippen MR) is 88.4 cm³/mol. The predicted octanol–water partition coefficient (Wildman–Crippen LogP) is 2.02. The van der Waals surface area contributed by atoms with Crippen LogP contribution in [0.5, 0.6) is 5.75 Å². The maximum Gasteiger partial charge on any atom is 0.314 e. The Kier molecular flexibility index (Phi) is 6.52. The molecule has 0 radical (unpaired) electrons. The number of para-hydroxylation sites is 1. The molecule has 0 aliphatic carbocycles. The highest BCUT2D eigenvalue weighted by atomic mass is 16.5. The van der Waals surface area contributed by atoms with Gasteiger partial charge < -0.3 is 15.4 Å². The van der Waals surface area contributed by atoms with Crippen LogP contribution in [0.15, 0.2) is 24.3 Å². The maximum atomic E-state index is 11.8. The molecule has 1 aromatic rings. The Labute approximate surface area is 133 Å². The minimum absolute atomic E-state index is 0.0963. The number of ether oxygens (including phenoxy) is 1. The summed E-state index contributed by atoms with van der Waals surface area (Å²) in [5.41, 5.74) is 1.11. The van der Waals surface area contributed by atoms with E-state index in [2.05, 4.69) is 22.5 Å². The summed E-state index contributed by atoms with van der Waals surface area (Å²) < 4.78 is 5.30. The molecule has 22 heavy (non-hydrogen) atoms. The van der Waals surface area contributed by atoms with Crippen molar-refractivity contribution < 1.29 is 9.53 Å². The van der Waals surface area contributed by atoms with E-state index >= 15 is 0 Å². The molecule has 5 nitrogen and oxygen atoms in total. The van der Waals surface area contributed by atoms with Gasteiger partial charge in [-0.15, -0.1) is 0 Å². The smallest absolute Gasteiger partial charge is 0.314 e. The highest BCUT2D eigenvalue weighted by Crippen LogP contribution is 2.17. The minimum Gasteiger partial charge on any atom is -0.496 e. The molecule has 2 rings (SSSR count). The first-order valence-electron chi connectivity index (χ1n) is 8.08. The average molecular weight is 305 g/mol. The number of rotatable bonds is 7. The molecule has 0 bridgehead atoms. The van der Waals surface area contributed by atoms with Gasteiger partial charge in [0.1, 0.15) is 5.75 Å². The first-order chi connectivity index (χ1) is 10.7. The second-order valence-electron chi connectivity index (χ2n) is 5.79. The van der Waals surface area contributed by atoms with Crippen LogP contribution in [0.25, 0.3) is 0 Å². The SMILES string of the molecule is COc1ccccc1CCNC(=O)NCC(C)N1CCCC1. The van der Waals surface area contributed by atoms with Gasteiger partial charge in [0.2, 0.25) is 0 Å². The van der Waals surface area contributed by atoms with Crippen molar-refractivity contribution in [2.24, 2.45) is 0 Å². The van der Waals surface area contributed by atoms with Crippen LogP contribution in [0.3, 0.4) is 0 Å². The summed E-state index contributed by atoms with van der Waals surface area (Å²) in [4.78, 5) is 14.3. The molecular weight excluding hydrogens is 278 g/mol. The lowest BCUT2D eigenvalue weighted by molar-refractivity contribution is 0.226. The van der Waals surface area contributed by atoms with E-state index in [4.69, 9.17) is 4.74 Å². The minimum atomic E-state index is -0.0963. The van der Waals surface area contributed by atoms with Gasteiger partial charge in [0.25, 0.3) is 0 Å². The number of carbonyl (C=O) groups excluding carboxylic acids is 1. The van der Waals surface area contributed by atoms with E-state index in [0.29, 0.717) is 19.1 Å². The van der Waals surface area contributed by atoms with Crippen molar-refractivity contribution >= 4 is 6.03 Å². The van der Waals surface area contributed by atoms with Gasteiger partial charge >= 0.3 is 6.03 Å². The molecule has 0 saturated carbocycles. The molecule has 1 saturated heterocycles. The van der Waals surface area contributed by atoms with Crippen molar-refractivity contribution in [1.29, 1.82) is 0 Å². The molecule has 0 spiro atoms. The van der Waals surface area contributed by atoms with Gasteiger partial charge in [0.05, 0.1) is 7.11 Å². The summed E-state index contributed by atoms with van der Waals surface area (Å²) >= 11 is 0. The molecule has 1 atom stereocenters. The first-order valence-corrected chi connectivity index (χ1v) is 8.08. The van der Waals surface area contributed by atoms with Crippen molar-refractivity contribution in [1.82, 2.24) is 15.5 Å². The van der Waals surface area contributed by atoms with Crippen LogP contribution >= 0.6 is 0 Å². The molecule has 1 aliphatic rings. The molecule has 5 heteroatoms. The standard InChI is InChI=1S/C17H27N3O2/c1-14(20-11-5-6-12-20)13-19-17(21)18-10-9-15-7-3-4-8-16(15)22-2/h3-4,7-8,14H,5-6,9-13H2,1-2H3,(H2,18,19,21). The Morgan fingerprint density at radius 2 is 2.00 bits per heavy atom. The van der Waals surface area contributed by atoms with Crippen molar-refractivity contribution in [3.63, 3.8) is 0 Å². The molecule has 2 N–H and O–H groups in total. The highest BCUT2D eigenvalue weighted by molar-refractivity contribution is 5.73. The third-order valence-corrected chi connectivity index (χ3v) is 4.19. The summed E-state index contributed by atoms with van der Waals surface area (Å²) in [5.74, 6) is 0.868. The largest absolute Gasteiger partial charge is 0.496 e. The fourth-order valence-corrected chi connectivity index (χ4v) is 2.83. The average Bonchev–Trinajstić information content (AvgIpc) is 3.07. The van der Waals surface area contributed by atoms with E-state index in [1.807, 2.05) is 24.3 Å². The molecule has 1 unspecified atom stereocenters. The zero-order chi connectivity index (χ0) is 15.8. The number of urea groups is 1. The molecule has 2 amide bonds. The van der Waals surface area contributed by atoms with Gasteiger partial charge in [0, 0.05) is 19.1 Å². The van der Waals surface area contributed by atoms with Crippen molar-refractivity contribution in [2.45, 2.75) is 32.2 Å². The molecule has 1 heterocycles. The number of carbonyl (C=O) groups is 1. The van der Waals surface area contributed by atoms with Gasteiger partial charge in [-0.05, 0) is 50.9 Å². The van der Waals surface area contributed by atoms with Gasteiger partial charge in [-0.3, -0.25) is 4.90 Å². The highest BCUT2D eigenvalue weighted by Gasteiger charge is 2.18. The monoisotopic (exact) mass is 305 g/mol. The summed E-state index contributed by atoms with van der Waals surface area (Å²) in [6.07, 6.45) is 3.31. The van der Waals surface area contributed by atoms with Gasteiger partial charge in [0.15, 0.2) is 0 Å². The Morgan fingerprint density at radius 3 is 2.73 bits per heavy atom. The third kappa shape index (κ3) is 4.91. The third-order valence-electron chi connectivity index (χ3n) is 4.19. The lowest BCUT2D eigenvalue weighted by Gasteiger charge is -2.23. The molecule has 1 aliphatic heterocycles. The van der Waals surface area contributed by atoms with E-state index in [9.17, 15) is 4.79 Å². The number of benzene rings is 1. The second-order valence-corrected chi connectivity index (χ2v) is 5.79. The number of amides is 2. The number of hydrogen-bond donors (Lipinski definition) is 2. The van der Waals surface area contributed by atoms with Gasteiger partial charge in [-0.25, -0.2) is 4.79 Å². The summed E-state index contributed by atoms with van der Waals surface area (Å²) in [6.45, 7) is 5.77. The fourth-order valence-electron chi connectivity index (χ4n) is 2.83. The van der Waals surface area contributed by atoms with Crippen LogP contribution in [-0.4, -0.2) is 50.3 Å². The zero-order valence-electron chi connectivity index (χ0n) is 13.6. The summed E-state index contributed by atoms with van der Waals surface area (Å²) in [5, 5.41) is 5.86. The summed E-state index contributed by atoms with van der Waals surface area (Å²) in [6, 6.07) is 8.20. The maximum absolute atomic E-state index is 11.8. The number of nitrogens with one attached hydrogen (secondary N) is 2. The quantitative estimate of drug-likeness (QED) is 0.810. The van der Waals surface area contributed by atoms with Crippen molar-refractivity contribution in [2.75, 3.05) is 33.3 Å². The normalized spacial score (nSPS) is 16.3. The second kappa shape index (κ2) is 8.63. The van der Waals surface area contributed by atoms with Crippen LogP contribution in [-0.2, 0) is 6.42 Å². The Bertz CT molecular complexity index is 473. The van der Waals surface area contributed by atoms with E-state index in [1.54, 1.807) is 7.11 Å². The first kappa shape index (κ1) is 16.6. The molecule has 122 valence electrons. The lowest BCUT2D eigenvalue weighted by atomic mass is 10.1. The van der Waals surface area contributed by atoms with Gasteiger partial charge in [-0.1, -0.05) is 18.2 Å². The molecular formula is C17H27N3O2. The lowest BCUT2D eigenvalue weighted by Crippen LogP contribution is -2.44. The van der Waals surface area contributed by atoms with Gasteiger partial charge in [-0.2, -0.15) is 0 Å². The molecule has 1 fully saturated rings. The summed E-state index contributed by atoms with van der Waals surface area (Å²) in [7, 11) is 1.67. The van der Waals surface area contributed by atoms with E-state index in [0.717, 1.165) is 30.8 Å². The van der Waals surface area contributed by atoms with Crippen LogP contribution in [0.1, 0.15) is 25.3 Å². The fraction of sp³-hybridized carbons (Fsp3) is 0.588. The Balaban J connectivity index is 1.65. The topological polar surface area (TPSA) is 53.6 Å². The van der Waals surface area contributed by atoms with Crippen LogP contribution in [0.2, 0.25) is 0 Å². The van der Waals surface area contributed by atoms with Crippen molar-refractivity contribution in [3.8, 4) is 5.75 Å². The van der Waals surface area contributed by atoms with E-state index in [-0.39, 0.29) is 6.03 Å². The molecule has 0 aromatic heterocycles. The Morgan fingerprint density at radius 1 is 1.27 bits per heavy atom. The number of nitrogens with zero attached hydrogens (tertiary/aromatic N) is 1. The molecule has 1 aromatic carbocycles. The van der Waals surface area contributed by atoms with E-state index in [1.165, 1.54) is 12.8 Å². The van der Waals surface area contributed by atoms with Crippen molar-refractivity contribution in [3.05, 3.63) is 29.8 Å². The number of hydrogen-bond acceptors (Lipinski definition) is 3.